The van der Waals surface area contributed by atoms with Gasteiger partial charge >= 0.3 is 5.97 Å². The number of hydrogen-bond donors (Lipinski definition) is 1. The van der Waals surface area contributed by atoms with Crippen molar-refractivity contribution < 1.29 is 9.53 Å². The van der Waals surface area contributed by atoms with E-state index in [4.69, 9.17) is 10.5 Å². The maximum absolute atomic E-state index is 11.7. The Labute approximate surface area is 115 Å². The number of ether oxygens (including phenoxy) is 1. The fraction of sp³-hybridized carbons (Fsp3) is 0.500. The van der Waals surface area contributed by atoms with Crippen LogP contribution in [0.25, 0.3) is 0 Å². The number of carbonyl (C=O) groups excluding carboxylic acids is 1. The van der Waals surface area contributed by atoms with Gasteiger partial charge in [-0.15, -0.1) is 12.4 Å². The quantitative estimate of drug-likeness (QED) is 0.810. The minimum absolute atomic E-state index is 0. The van der Waals surface area contributed by atoms with Gasteiger partial charge in [0, 0.05) is 0 Å². The Hall–Kier alpha value is -1.06. The summed E-state index contributed by atoms with van der Waals surface area (Å²) in [5, 5.41) is 0. The smallest absolute Gasteiger partial charge is 0.323 e. The lowest BCUT2D eigenvalue weighted by Crippen LogP contribution is -2.36. The van der Waals surface area contributed by atoms with Crippen molar-refractivity contribution in [1.29, 1.82) is 0 Å². The van der Waals surface area contributed by atoms with Crippen molar-refractivity contribution in [3.8, 4) is 0 Å². The summed E-state index contributed by atoms with van der Waals surface area (Å²) < 4.78 is 5.32. The zero-order valence-corrected chi connectivity index (χ0v) is 11.8. The molecule has 0 fully saturated rings. The van der Waals surface area contributed by atoms with Crippen molar-refractivity contribution >= 4 is 18.4 Å². The average Bonchev–Trinajstić information content (AvgIpc) is 2.36. The molecule has 18 heavy (non-hydrogen) atoms. The largest absolute Gasteiger partial charge is 0.461 e. The number of hydrogen-bond acceptors (Lipinski definition) is 3. The molecule has 0 spiro atoms. The van der Waals surface area contributed by atoms with E-state index in [-0.39, 0.29) is 24.5 Å². The highest BCUT2D eigenvalue weighted by atomic mass is 35.5. The van der Waals surface area contributed by atoms with E-state index < -0.39 is 6.04 Å². The zero-order valence-electron chi connectivity index (χ0n) is 11.0. The molecule has 1 aromatic carbocycles. The zero-order chi connectivity index (χ0) is 12.7. The van der Waals surface area contributed by atoms with Crippen LogP contribution in [0, 0.1) is 0 Å². The lowest BCUT2D eigenvalue weighted by Gasteiger charge is -2.17. The van der Waals surface area contributed by atoms with E-state index in [0.717, 1.165) is 18.4 Å². The van der Waals surface area contributed by atoms with Crippen molar-refractivity contribution in [3.63, 3.8) is 0 Å². The number of benzene rings is 1. The highest BCUT2D eigenvalue weighted by Crippen LogP contribution is 2.07. The highest BCUT2D eigenvalue weighted by Gasteiger charge is 2.18. The summed E-state index contributed by atoms with van der Waals surface area (Å²) in [5.41, 5.74) is 6.89. The minimum atomic E-state index is -0.571. The molecule has 102 valence electrons. The molecule has 0 amide bonds. The van der Waals surface area contributed by atoms with Crippen LogP contribution in [0.1, 0.15) is 32.3 Å². The van der Waals surface area contributed by atoms with Crippen LogP contribution in [0.3, 0.4) is 0 Å². The van der Waals surface area contributed by atoms with E-state index >= 15 is 0 Å². The fourth-order valence-corrected chi connectivity index (χ4v) is 1.66. The predicted molar refractivity (Wildman–Crippen MR) is 75.8 cm³/mol. The van der Waals surface area contributed by atoms with Crippen molar-refractivity contribution in [2.24, 2.45) is 5.73 Å². The van der Waals surface area contributed by atoms with Crippen molar-refractivity contribution in [2.45, 2.75) is 45.3 Å². The molecule has 0 aliphatic heterocycles. The second-order valence-electron chi connectivity index (χ2n) is 4.17. The average molecular weight is 272 g/mol. The maximum atomic E-state index is 11.7. The van der Waals surface area contributed by atoms with E-state index in [1.165, 1.54) is 0 Å². The molecular weight excluding hydrogens is 250 g/mol. The number of rotatable bonds is 6. The van der Waals surface area contributed by atoms with Crippen molar-refractivity contribution in [2.75, 3.05) is 0 Å². The summed E-state index contributed by atoms with van der Waals surface area (Å²) in [5.74, 6) is -0.303. The Morgan fingerprint density at radius 3 is 2.28 bits per heavy atom. The SMILES string of the molecule is CCC(CC)OC(=O)C(N)Cc1ccccc1.Cl. The molecule has 2 N–H and O–H groups in total. The van der Waals surface area contributed by atoms with Crippen LogP contribution in [-0.4, -0.2) is 18.1 Å². The second kappa shape index (κ2) is 8.95. The van der Waals surface area contributed by atoms with Crippen LogP contribution in [0.4, 0.5) is 0 Å². The molecular formula is C14H22ClNO2. The molecule has 4 heteroatoms. The Kier molecular flexibility index (Phi) is 8.42. The molecule has 3 nitrogen and oxygen atoms in total. The van der Waals surface area contributed by atoms with Gasteiger partial charge in [0.25, 0.3) is 0 Å². The van der Waals surface area contributed by atoms with Crippen LogP contribution in [-0.2, 0) is 16.0 Å². The molecule has 0 saturated carbocycles. The third-order valence-electron chi connectivity index (χ3n) is 2.79. The number of halogens is 1. The van der Waals surface area contributed by atoms with E-state index in [1.807, 2.05) is 44.2 Å². The van der Waals surface area contributed by atoms with E-state index in [1.54, 1.807) is 0 Å². The highest BCUT2D eigenvalue weighted by molar-refractivity contribution is 5.85. The molecule has 0 aliphatic rings. The molecule has 0 aliphatic carbocycles. The Balaban J connectivity index is 0.00000289. The van der Waals surface area contributed by atoms with Crippen LogP contribution in [0.5, 0.6) is 0 Å². The van der Waals surface area contributed by atoms with Gasteiger partial charge in [-0.3, -0.25) is 4.79 Å². The Morgan fingerprint density at radius 2 is 1.78 bits per heavy atom. The summed E-state index contributed by atoms with van der Waals surface area (Å²) in [6.07, 6.45) is 2.18. The molecule has 0 saturated heterocycles. The maximum Gasteiger partial charge on any atom is 0.323 e. The van der Waals surface area contributed by atoms with Gasteiger partial charge in [-0.2, -0.15) is 0 Å². The van der Waals surface area contributed by atoms with Gasteiger partial charge in [-0.05, 0) is 24.8 Å². The number of esters is 1. The summed E-state index contributed by atoms with van der Waals surface area (Å²) in [7, 11) is 0. The van der Waals surface area contributed by atoms with Crippen LogP contribution in [0.2, 0.25) is 0 Å². The fourth-order valence-electron chi connectivity index (χ4n) is 1.66. The lowest BCUT2D eigenvalue weighted by molar-refractivity contribution is -0.150. The third kappa shape index (κ3) is 5.52. The first kappa shape index (κ1) is 16.9. The number of carbonyl (C=O) groups is 1. The minimum Gasteiger partial charge on any atom is -0.461 e. The molecule has 1 unspecified atom stereocenters. The van der Waals surface area contributed by atoms with Crippen LogP contribution < -0.4 is 5.73 Å². The molecule has 0 bridgehead atoms. The molecule has 1 aromatic rings. The van der Waals surface area contributed by atoms with Crippen molar-refractivity contribution in [3.05, 3.63) is 35.9 Å². The second-order valence-corrected chi connectivity index (χ2v) is 4.17. The van der Waals surface area contributed by atoms with Crippen molar-refractivity contribution in [1.82, 2.24) is 0 Å². The van der Waals surface area contributed by atoms with Crippen LogP contribution >= 0.6 is 12.4 Å². The van der Waals surface area contributed by atoms with E-state index in [0.29, 0.717) is 6.42 Å². The topological polar surface area (TPSA) is 52.3 Å². The van der Waals surface area contributed by atoms with Gasteiger partial charge in [0.1, 0.15) is 12.1 Å². The summed E-state index contributed by atoms with van der Waals surface area (Å²) in [6, 6.07) is 9.17. The molecule has 0 aromatic heterocycles. The third-order valence-corrected chi connectivity index (χ3v) is 2.79. The van der Waals surface area contributed by atoms with Gasteiger partial charge in [0.05, 0.1) is 0 Å². The predicted octanol–water partition coefficient (Wildman–Crippen LogP) is 2.71. The number of nitrogens with two attached hydrogens (primary N) is 1. The van der Waals surface area contributed by atoms with Crippen LogP contribution in [0.15, 0.2) is 30.3 Å². The summed E-state index contributed by atoms with van der Waals surface area (Å²) in [4.78, 5) is 11.7. The monoisotopic (exact) mass is 271 g/mol. The first-order valence-corrected chi connectivity index (χ1v) is 6.17. The van der Waals surface area contributed by atoms with E-state index in [2.05, 4.69) is 0 Å². The molecule has 1 atom stereocenters. The summed E-state index contributed by atoms with van der Waals surface area (Å²) >= 11 is 0. The van der Waals surface area contributed by atoms with Gasteiger partial charge in [0.2, 0.25) is 0 Å². The normalized spacial score (nSPS) is 11.8. The van der Waals surface area contributed by atoms with Gasteiger partial charge < -0.3 is 10.5 Å². The molecule has 1 rings (SSSR count). The first-order valence-electron chi connectivity index (χ1n) is 6.17. The standard InChI is InChI=1S/C14H21NO2.ClH/c1-3-12(4-2)17-14(16)13(15)10-11-8-6-5-7-9-11;/h5-9,12-13H,3-4,10,15H2,1-2H3;1H. The van der Waals surface area contributed by atoms with Gasteiger partial charge in [-0.1, -0.05) is 44.2 Å². The lowest BCUT2D eigenvalue weighted by atomic mass is 10.1. The summed E-state index contributed by atoms with van der Waals surface area (Å²) in [6.45, 7) is 4.01. The Bertz CT molecular complexity index is 339. The van der Waals surface area contributed by atoms with E-state index in [9.17, 15) is 4.79 Å². The Morgan fingerprint density at radius 1 is 1.22 bits per heavy atom. The first-order chi connectivity index (χ1) is 8.17. The molecule has 0 heterocycles. The molecule has 0 radical (unpaired) electrons. The van der Waals surface area contributed by atoms with Gasteiger partial charge in [-0.25, -0.2) is 0 Å². The van der Waals surface area contributed by atoms with Gasteiger partial charge in [0.15, 0.2) is 0 Å².